The van der Waals surface area contributed by atoms with Crippen molar-refractivity contribution >= 4 is 38.7 Å². The Bertz CT molecular complexity index is 1070. The molecule has 10 heteroatoms. The number of urea groups is 1. The fourth-order valence-electron chi connectivity index (χ4n) is 2.96. The molecule has 29 heavy (non-hydrogen) atoms. The third-order valence-corrected chi connectivity index (χ3v) is 6.36. The first-order valence-corrected chi connectivity index (χ1v) is 10.4. The molecule has 0 radical (unpaired) electrons. The zero-order chi connectivity index (χ0) is 21.2. The predicted molar refractivity (Wildman–Crippen MR) is 104 cm³/mol. The van der Waals surface area contributed by atoms with Gasteiger partial charge in [-0.2, -0.15) is 4.31 Å². The summed E-state index contributed by atoms with van der Waals surface area (Å²) >= 11 is 0. The lowest BCUT2D eigenvalue weighted by atomic mass is 10.1. The summed E-state index contributed by atoms with van der Waals surface area (Å²) in [6.07, 6.45) is -1.21. The van der Waals surface area contributed by atoms with Crippen LogP contribution in [0, 0.1) is 0 Å². The summed E-state index contributed by atoms with van der Waals surface area (Å²) in [5, 5.41) is 4.13. The third-order valence-electron chi connectivity index (χ3n) is 4.56. The molecule has 1 saturated heterocycles. The van der Waals surface area contributed by atoms with Crippen LogP contribution in [0.1, 0.15) is 6.92 Å². The largest absolute Gasteiger partial charge is 0.452 e. The molecule has 2 aromatic carbocycles. The summed E-state index contributed by atoms with van der Waals surface area (Å²) in [7, 11) is -2.68. The van der Waals surface area contributed by atoms with Gasteiger partial charge in [0.15, 0.2) is 6.10 Å². The maximum Gasteiger partial charge on any atom is 0.324 e. The van der Waals surface area contributed by atoms with Gasteiger partial charge in [-0.15, -0.1) is 0 Å². The van der Waals surface area contributed by atoms with Crippen LogP contribution in [0.2, 0.25) is 0 Å². The van der Waals surface area contributed by atoms with Crippen LogP contribution in [0.5, 0.6) is 0 Å². The van der Waals surface area contributed by atoms with Crippen molar-refractivity contribution in [1.29, 1.82) is 0 Å². The highest BCUT2D eigenvalue weighted by Crippen LogP contribution is 2.21. The molecule has 3 rings (SSSR count). The van der Waals surface area contributed by atoms with Gasteiger partial charge in [0, 0.05) is 20.1 Å². The molecule has 1 atom stereocenters. The van der Waals surface area contributed by atoms with Gasteiger partial charge in [-0.1, -0.05) is 30.3 Å². The summed E-state index contributed by atoms with van der Waals surface area (Å²) in [4.78, 5) is 36.9. The fraction of sp³-hybridized carbons (Fsp3) is 0.316. The molecule has 2 aromatic rings. The molecule has 0 aliphatic carbocycles. The maximum absolute atomic E-state index is 12.8. The number of hydrogen-bond donors (Lipinski definition) is 1. The summed E-state index contributed by atoms with van der Waals surface area (Å²) in [6, 6.07) is 11.5. The molecule has 0 bridgehead atoms. The van der Waals surface area contributed by atoms with Crippen LogP contribution in [0.3, 0.4) is 0 Å². The van der Waals surface area contributed by atoms with Crippen LogP contribution in [0.25, 0.3) is 10.8 Å². The molecule has 1 aliphatic heterocycles. The van der Waals surface area contributed by atoms with Crippen molar-refractivity contribution in [3.05, 3.63) is 42.5 Å². The number of nitrogens with zero attached hydrogens (tertiary/aromatic N) is 2. The van der Waals surface area contributed by atoms with Crippen LogP contribution in [0.15, 0.2) is 47.4 Å². The van der Waals surface area contributed by atoms with E-state index in [4.69, 9.17) is 4.74 Å². The normalized spacial score (nSPS) is 15.4. The molecule has 0 aromatic heterocycles. The van der Waals surface area contributed by atoms with Gasteiger partial charge in [-0.05, 0) is 29.8 Å². The molecule has 0 spiro atoms. The van der Waals surface area contributed by atoms with Gasteiger partial charge in [0.25, 0.3) is 5.91 Å². The number of rotatable bonds is 6. The third kappa shape index (κ3) is 4.38. The van der Waals surface area contributed by atoms with E-state index in [0.29, 0.717) is 6.54 Å². The average molecular weight is 419 g/mol. The van der Waals surface area contributed by atoms with Crippen molar-refractivity contribution in [2.45, 2.75) is 17.9 Å². The van der Waals surface area contributed by atoms with Crippen molar-refractivity contribution in [2.24, 2.45) is 0 Å². The first-order valence-electron chi connectivity index (χ1n) is 8.94. The quantitative estimate of drug-likeness (QED) is 0.698. The Kier molecular flexibility index (Phi) is 5.85. The van der Waals surface area contributed by atoms with Crippen LogP contribution < -0.4 is 5.32 Å². The fourth-order valence-corrected chi connectivity index (χ4v) is 4.11. The number of benzene rings is 2. The van der Waals surface area contributed by atoms with Gasteiger partial charge in [0.2, 0.25) is 10.0 Å². The van der Waals surface area contributed by atoms with Crippen LogP contribution in [-0.4, -0.2) is 68.3 Å². The number of imide groups is 1. The Balaban J connectivity index is 1.66. The minimum absolute atomic E-state index is 0.0457. The first-order chi connectivity index (χ1) is 13.7. The number of nitrogens with one attached hydrogen (secondary N) is 1. The minimum Gasteiger partial charge on any atom is -0.452 e. The van der Waals surface area contributed by atoms with E-state index < -0.39 is 40.6 Å². The van der Waals surface area contributed by atoms with E-state index >= 15 is 0 Å². The van der Waals surface area contributed by atoms with Gasteiger partial charge in [-0.3, -0.25) is 14.5 Å². The highest BCUT2D eigenvalue weighted by molar-refractivity contribution is 7.89. The molecule has 1 N–H and O–H groups in total. The van der Waals surface area contributed by atoms with Gasteiger partial charge in [0.1, 0.15) is 6.54 Å². The molecule has 0 unspecified atom stereocenters. The second-order valence-electron chi connectivity index (χ2n) is 6.62. The average Bonchev–Trinajstić information content (AvgIpc) is 3.12. The second-order valence-corrected chi connectivity index (χ2v) is 8.67. The lowest BCUT2D eigenvalue weighted by molar-refractivity contribution is -0.157. The van der Waals surface area contributed by atoms with Crippen molar-refractivity contribution in [1.82, 2.24) is 14.5 Å². The number of carbonyl (C=O) groups is 3. The topological polar surface area (TPSA) is 113 Å². The van der Waals surface area contributed by atoms with Crippen molar-refractivity contribution in [3.63, 3.8) is 0 Å². The van der Waals surface area contributed by atoms with Crippen LogP contribution >= 0.6 is 0 Å². The zero-order valence-electron chi connectivity index (χ0n) is 16.0. The zero-order valence-corrected chi connectivity index (χ0v) is 16.8. The summed E-state index contributed by atoms with van der Waals surface area (Å²) < 4.78 is 31.4. The summed E-state index contributed by atoms with van der Waals surface area (Å²) in [5.74, 6) is -1.55. The molecule has 154 valence electrons. The Morgan fingerprint density at radius 3 is 2.55 bits per heavy atom. The summed E-state index contributed by atoms with van der Waals surface area (Å²) in [5.41, 5.74) is 0. The summed E-state index contributed by atoms with van der Waals surface area (Å²) in [6.45, 7) is 1.29. The smallest absolute Gasteiger partial charge is 0.324 e. The van der Waals surface area contributed by atoms with Gasteiger partial charge in [-0.25, -0.2) is 13.2 Å². The number of carbonyl (C=O) groups excluding carboxylic acids is 3. The molecular formula is C19H21N3O6S. The second kappa shape index (κ2) is 8.18. The van der Waals surface area contributed by atoms with E-state index in [9.17, 15) is 22.8 Å². The Hall–Kier alpha value is -2.98. The number of ether oxygens (including phenoxy) is 1. The molecular weight excluding hydrogens is 398 g/mol. The lowest BCUT2D eigenvalue weighted by Crippen LogP contribution is -2.43. The van der Waals surface area contributed by atoms with E-state index in [0.717, 1.165) is 20.0 Å². The van der Waals surface area contributed by atoms with E-state index in [1.54, 1.807) is 18.2 Å². The number of sulfonamides is 1. The molecule has 1 fully saturated rings. The Labute approximate surface area is 168 Å². The Morgan fingerprint density at radius 1 is 1.21 bits per heavy atom. The van der Waals surface area contributed by atoms with E-state index in [-0.39, 0.29) is 11.4 Å². The maximum atomic E-state index is 12.8. The van der Waals surface area contributed by atoms with Crippen LogP contribution in [-0.2, 0) is 24.3 Å². The van der Waals surface area contributed by atoms with Crippen molar-refractivity contribution < 1.29 is 27.5 Å². The Morgan fingerprint density at radius 2 is 1.90 bits per heavy atom. The van der Waals surface area contributed by atoms with Gasteiger partial charge < -0.3 is 10.1 Å². The molecule has 9 nitrogen and oxygen atoms in total. The molecule has 3 amide bonds. The lowest BCUT2D eigenvalue weighted by Gasteiger charge is -2.20. The first kappa shape index (κ1) is 20.7. The molecule has 1 aliphatic rings. The monoisotopic (exact) mass is 419 g/mol. The van der Waals surface area contributed by atoms with Crippen LogP contribution in [0.4, 0.5) is 4.79 Å². The highest BCUT2D eigenvalue weighted by atomic mass is 32.2. The van der Waals surface area contributed by atoms with Gasteiger partial charge in [0.05, 0.1) is 4.90 Å². The molecule has 0 saturated carbocycles. The van der Waals surface area contributed by atoms with Crippen molar-refractivity contribution in [3.8, 4) is 0 Å². The minimum atomic E-state index is -3.93. The van der Waals surface area contributed by atoms with Gasteiger partial charge >= 0.3 is 12.0 Å². The number of fused-ring (bicyclic) bond motifs is 1. The standard InChI is InChI=1S/C19H21N3O6S/c1-13(18(24)22-10-9-20-19(22)25)28-17(23)12-21(2)29(26,27)16-8-7-14-5-3-4-6-15(14)11-16/h3-8,11,13H,9-10,12H2,1-2H3,(H,20,25)/t13-/m1/s1. The number of hydrogen-bond acceptors (Lipinski definition) is 6. The number of esters is 1. The van der Waals surface area contributed by atoms with Crippen molar-refractivity contribution in [2.75, 3.05) is 26.7 Å². The highest BCUT2D eigenvalue weighted by Gasteiger charge is 2.32. The number of likely N-dealkylation sites (N-methyl/N-ethyl adjacent to an activating group) is 1. The van der Waals surface area contributed by atoms with E-state index in [1.165, 1.54) is 26.1 Å². The predicted octanol–water partition coefficient (Wildman–Crippen LogP) is 0.944. The molecule has 1 heterocycles. The number of amides is 3. The van der Waals surface area contributed by atoms with E-state index in [1.807, 2.05) is 12.1 Å². The van der Waals surface area contributed by atoms with E-state index in [2.05, 4.69) is 5.32 Å². The SMILES string of the molecule is C[C@@H](OC(=O)CN(C)S(=O)(=O)c1ccc2ccccc2c1)C(=O)N1CCNC1=O.